The largest absolute Gasteiger partial charge is 0.417 e. The summed E-state index contributed by atoms with van der Waals surface area (Å²) in [6, 6.07) is 2.09. The summed E-state index contributed by atoms with van der Waals surface area (Å²) in [5, 5.41) is 4.28. The lowest BCUT2D eigenvalue weighted by molar-refractivity contribution is -0.549. The number of hydrogen-bond acceptors (Lipinski definition) is 5. The summed E-state index contributed by atoms with van der Waals surface area (Å²) in [4.78, 5) is 20.6. The number of aromatic nitrogens is 2. The summed E-state index contributed by atoms with van der Waals surface area (Å²) in [6.07, 6.45) is -1.05. The molecule has 1 aliphatic heterocycles. The van der Waals surface area contributed by atoms with E-state index in [0.717, 1.165) is 12.3 Å². The van der Waals surface area contributed by atoms with E-state index in [-0.39, 0.29) is 11.5 Å². The molecule has 1 saturated carbocycles. The predicted octanol–water partition coefficient (Wildman–Crippen LogP) is 3.64. The molecule has 3 heterocycles. The fourth-order valence-electron chi connectivity index (χ4n) is 3.57. The second-order valence-electron chi connectivity index (χ2n) is 7.37. The van der Waals surface area contributed by atoms with Crippen LogP contribution in [0.5, 0.6) is 0 Å². The number of alkyl halides is 3. The average molecular weight is 438 g/mol. The topological polar surface area (TPSA) is 101 Å². The van der Waals surface area contributed by atoms with Crippen LogP contribution in [0.25, 0.3) is 0 Å². The van der Waals surface area contributed by atoms with Gasteiger partial charge in [0, 0.05) is 17.5 Å². The van der Waals surface area contributed by atoms with Gasteiger partial charge in [0.1, 0.15) is 22.5 Å². The summed E-state index contributed by atoms with van der Waals surface area (Å²) < 4.78 is 53.3. The van der Waals surface area contributed by atoms with Crippen molar-refractivity contribution in [3.05, 3.63) is 41.3 Å². The van der Waals surface area contributed by atoms with Crippen LogP contribution in [0.2, 0.25) is 0 Å². The maximum Gasteiger partial charge on any atom is 0.417 e. The zero-order valence-corrected chi connectivity index (χ0v) is 17.0. The van der Waals surface area contributed by atoms with Crippen LogP contribution < -0.4 is 5.73 Å². The minimum absolute atomic E-state index is 0.0900. The first-order chi connectivity index (χ1) is 14.1. The first-order valence-electron chi connectivity index (χ1n) is 9.35. The third kappa shape index (κ3) is 3.21. The van der Waals surface area contributed by atoms with Gasteiger partial charge in [0.15, 0.2) is 6.04 Å². The second-order valence-corrected chi connectivity index (χ2v) is 9.08. The maximum absolute atomic E-state index is 13.0. The van der Waals surface area contributed by atoms with Gasteiger partial charge >= 0.3 is 12.0 Å². The number of hydrogen-bond donors (Lipinski definition) is 1. The van der Waals surface area contributed by atoms with Crippen LogP contribution in [0.4, 0.5) is 24.7 Å². The van der Waals surface area contributed by atoms with Crippen molar-refractivity contribution in [2.45, 2.75) is 49.2 Å². The summed E-state index contributed by atoms with van der Waals surface area (Å²) in [5.41, 5.74) is 4.91. The number of nitrogens with zero attached hydrogens (tertiary/aromatic N) is 4. The molecule has 1 aliphatic carbocycles. The fourth-order valence-corrected chi connectivity index (χ4v) is 4.49. The van der Waals surface area contributed by atoms with Crippen molar-refractivity contribution in [1.29, 1.82) is 0 Å². The Bertz CT molecular complexity index is 1110. The fraction of sp³-hybridized carbons (Fsp3) is 0.421. The average Bonchev–Trinajstić information content (AvgIpc) is 3.46. The Hall–Kier alpha value is -2.69. The number of nitrogens with two attached hydrogens (primary N) is 1. The van der Waals surface area contributed by atoms with Crippen LogP contribution >= 0.6 is 0 Å². The van der Waals surface area contributed by atoms with E-state index in [1.165, 1.54) is 10.9 Å². The van der Waals surface area contributed by atoms with Gasteiger partial charge in [-0.1, -0.05) is 12.0 Å². The van der Waals surface area contributed by atoms with Gasteiger partial charge in [-0.05, 0) is 36.9 Å². The van der Waals surface area contributed by atoms with Crippen molar-refractivity contribution in [2.75, 3.05) is 5.75 Å². The molecule has 11 heteroatoms. The van der Waals surface area contributed by atoms with Crippen LogP contribution in [0.15, 0.2) is 34.5 Å². The molecule has 30 heavy (non-hydrogen) atoms. The standard InChI is InChI=1S/C19H18F3N5O2S/c1-3-30(29)14-7-11(18(4-5-18)17(23)28)8-25-16(14)27-10(2)15-13(26-27)6-12(9-24-15)19(20,21)22/h6-10H,3-5H2,1-2H3,(H-,23,28)/p+1. The first kappa shape index (κ1) is 20.6. The molecule has 0 radical (unpaired) electrons. The molecule has 0 aromatic carbocycles. The minimum Gasteiger partial charge on any atom is -0.369 e. The number of halogens is 3. The van der Waals surface area contributed by atoms with E-state index >= 15 is 0 Å². The van der Waals surface area contributed by atoms with Gasteiger partial charge in [0.05, 0.1) is 21.8 Å². The third-order valence-electron chi connectivity index (χ3n) is 5.53. The molecule has 2 aromatic rings. The van der Waals surface area contributed by atoms with E-state index < -0.39 is 39.9 Å². The summed E-state index contributed by atoms with van der Waals surface area (Å²) in [6.45, 7) is 3.47. The van der Waals surface area contributed by atoms with E-state index in [4.69, 9.17) is 5.73 Å². The molecule has 2 N–H and O–H groups in total. The van der Waals surface area contributed by atoms with Gasteiger partial charge in [-0.2, -0.15) is 13.2 Å². The molecular formula is C19H19F3N5O2S+. The minimum atomic E-state index is -4.53. The van der Waals surface area contributed by atoms with Gasteiger partial charge in [0.25, 0.3) is 0 Å². The predicted molar refractivity (Wildman–Crippen MR) is 101 cm³/mol. The highest BCUT2D eigenvalue weighted by Gasteiger charge is 2.51. The number of amides is 1. The molecule has 2 aromatic heterocycles. The van der Waals surface area contributed by atoms with E-state index in [1.807, 2.05) is 0 Å². The molecule has 0 saturated heterocycles. The van der Waals surface area contributed by atoms with E-state index in [2.05, 4.69) is 15.1 Å². The summed E-state index contributed by atoms with van der Waals surface area (Å²) in [7, 11) is -1.44. The smallest absolute Gasteiger partial charge is 0.369 e. The zero-order valence-electron chi connectivity index (χ0n) is 16.2. The van der Waals surface area contributed by atoms with Gasteiger partial charge in [-0.25, -0.2) is 0 Å². The quantitative estimate of drug-likeness (QED) is 0.720. The molecule has 2 unspecified atom stereocenters. The van der Waals surface area contributed by atoms with Crippen LogP contribution in [-0.4, -0.2) is 30.5 Å². The highest BCUT2D eigenvalue weighted by atomic mass is 32.2. The molecule has 1 amide bonds. The second kappa shape index (κ2) is 6.93. The Morgan fingerprint density at radius 2 is 2.00 bits per heavy atom. The molecule has 7 nitrogen and oxygen atoms in total. The number of fused-ring (bicyclic) bond motifs is 1. The van der Waals surface area contributed by atoms with Gasteiger partial charge in [-0.3, -0.25) is 14.0 Å². The molecule has 0 bridgehead atoms. The van der Waals surface area contributed by atoms with Crippen molar-refractivity contribution >= 4 is 28.2 Å². The number of pyridine rings is 2. The van der Waals surface area contributed by atoms with Crippen LogP contribution in [0.1, 0.15) is 49.6 Å². The molecule has 0 spiro atoms. The van der Waals surface area contributed by atoms with Crippen molar-refractivity contribution in [2.24, 2.45) is 10.8 Å². The normalized spacial score (nSPS) is 20.4. The molecule has 4 rings (SSSR count). The monoisotopic (exact) mass is 438 g/mol. The zero-order chi connectivity index (χ0) is 21.8. The van der Waals surface area contributed by atoms with E-state index in [1.54, 1.807) is 19.9 Å². The van der Waals surface area contributed by atoms with Crippen molar-refractivity contribution in [3.8, 4) is 0 Å². The Morgan fingerprint density at radius 3 is 2.57 bits per heavy atom. The third-order valence-corrected chi connectivity index (χ3v) is 6.85. The van der Waals surface area contributed by atoms with Crippen LogP contribution in [0, 0.1) is 0 Å². The van der Waals surface area contributed by atoms with Gasteiger partial charge in [0.2, 0.25) is 5.91 Å². The lowest BCUT2D eigenvalue weighted by Crippen LogP contribution is -2.28. The van der Waals surface area contributed by atoms with Crippen molar-refractivity contribution in [3.63, 3.8) is 0 Å². The van der Waals surface area contributed by atoms with Crippen molar-refractivity contribution in [1.82, 2.24) is 9.97 Å². The van der Waals surface area contributed by atoms with E-state index in [0.29, 0.717) is 34.7 Å². The molecule has 2 aliphatic rings. The molecular weight excluding hydrogens is 419 g/mol. The number of rotatable bonds is 5. The van der Waals surface area contributed by atoms with Crippen LogP contribution in [-0.2, 0) is 27.2 Å². The molecule has 158 valence electrons. The maximum atomic E-state index is 13.0. The Morgan fingerprint density at radius 1 is 1.30 bits per heavy atom. The lowest BCUT2D eigenvalue weighted by Gasteiger charge is -2.12. The van der Waals surface area contributed by atoms with Crippen LogP contribution in [0.3, 0.4) is 0 Å². The number of primary amides is 1. The Labute approximate surface area is 172 Å². The first-order valence-corrected chi connectivity index (χ1v) is 10.7. The molecule has 2 atom stereocenters. The van der Waals surface area contributed by atoms with Gasteiger partial charge in [-0.15, -0.1) is 4.70 Å². The van der Waals surface area contributed by atoms with E-state index in [9.17, 15) is 22.2 Å². The summed E-state index contributed by atoms with van der Waals surface area (Å²) >= 11 is 0. The number of carbonyl (C=O) groups excluding carboxylic acids is 1. The summed E-state index contributed by atoms with van der Waals surface area (Å²) in [5.74, 6) is 0.104. The Balaban J connectivity index is 1.81. The number of azo groups is 2. The van der Waals surface area contributed by atoms with Crippen molar-refractivity contribution < 1.29 is 26.9 Å². The highest BCUT2D eigenvalue weighted by Crippen LogP contribution is 2.49. The molecule has 1 fully saturated rings. The lowest BCUT2D eigenvalue weighted by atomic mass is 9.97. The van der Waals surface area contributed by atoms with Gasteiger partial charge < -0.3 is 5.73 Å². The SMILES string of the molecule is CCS(=O)c1cc(C2(C(N)=O)CC2)cnc1[N+]1=Nc2cc(C(F)(F)F)cnc2C1C. The number of carbonyl (C=O) groups is 1. The Kier molecular flexibility index (Phi) is 4.75. The highest BCUT2D eigenvalue weighted by molar-refractivity contribution is 7.85.